The molecular weight excluding hydrogens is 485 g/mol. The quantitative estimate of drug-likeness (QED) is 0.361. The zero-order chi connectivity index (χ0) is 25.4. The van der Waals surface area contributed by atoms with E-state index < -0.39 is 5.82 Å². The third kappa shape index (κ3) is 4.35. The Morgan fingerprint density at radius 3 is 2.75 bits per heavy atom. The number of halogens is 2. The molecule has 1 aromatic heterocycles. The zero-order valence-corrected chi connectivity index (χ0v) is 20.4. The standard InChI is InChI=1S/C27H23ClFN3O4/c1-31-14-18-10-9-17(12-23(18)32(27(31)34)15-20-21(28)6-4-7-22(20)29)26(33)30-13-19-11-16-5-3-8-24(35-2)25(16)36-19/h3-12H,13-15H2,1-2H3,(H,30,33). The normalized spacial score (nSPS) is 13.2. The summed E-state index contributed by atoms with van der Waals surface area (Å²) < 4.78 is 25.7. The van der Waals surface area contributed by atoms with Crippen molar-refractivity contribution in [2.45, 2.75) is 19.6 Å². The second-order valence-electron chi connectivity index (χ2n) is 8.54. The van der Waals surface area contributed by atoms with E-state index in [2.05, 4.69) is 5.32 Å². The molecule has 0 saturated carbocycles. The van der Waals surface area contributed by atoms with E-state index in [1.54, 1.807) is 44.5 Å². The third-order valence-corrected chi connectivity index (χ3v) is 6.54. The largest absolute Gasteiger partial charge is 0.493 e. The lowest BCUT2D eigenvalue weighted by Gasteiger charge is -2.35. The molecule has 1 aliphatic rings. The highest BCUT2D eigenvalue weighted by Gasteiger charge is 2.30. The number of hydrogen-bond donors (Lipinski definition) is 1. The first kappa shape index (κ1) is 23.7. The number of nitrogens with zero attached hydrogens (tertiary/aromatic N) is 2. The summed E-state index contributed by atoms with van der Waals surface area (Å²) >= 11 is 6.22. The average Bonchev–Trinajstić information content (AvgIpc) is 3.30. The van der Waals surface area contributed by atoms with Crippen molar-refractivity contribution in [3.63, 3.8) is 0 Å². The van der Waals surface area contributed by atoms with Crippen LogP contribution in [0.15, 0.2) is 65.1 Å². The van der Waals surface area contributed by atoms with Crippen molar-refractivity contribution in [2.75, 3.05) is 19.1 Å². The molecule has 0 fully saturated rings. The van der Waals surface area contributed by atoms with Crippen LogP contribution < -0.4 is 15.0 Å². The van der Waals surface area contributed by atoms with Gasteiger partial charge in [-0.25, -0.2) is 9.18 Å². The van der Waals surface area contributed by atoms with Gasteiger partial charge >= 0.3 is 6.03 Å². The van der Waals surface area contributed by atoms with Gasteiger partial charge in [0, 0.05) is 35.1 Å². The summed E-state index contributed by atoms with van der Waals surface area (Å²) in [5.74, 6) is 0.361. The van der Waals surface area contributed by atoms with Crippen molar-refractivity contribution >= 4 is 40.2 Å². The van der Waals surface area contributed by atoms with E-state index in [9.17, 15) is 14.0 Å². The number of hydrogen-bond acceptors (Lipinski definition) is 4. The number of benzene rings is 3. The summed E-state index contributed by atoms with van der Waals surface area (Å²) in [5.41, 5.74) is 2.57. The number of para-hydroxylation sites is 1. The maximum atomic E-state index is 14.5. The summed E-state index contributed by atoms with van der Waals surface area (Å²) in [7, 11) is 3.24. The summed E-state index contributed by atoms with van der Waals surface area (Å²) in [6, 6.07) is 16.7. The van der Waals surface area contributed by atoms with Crippen LogP contribution >= 0.6 is 11.6 Å². The number of nitrogens with one attached hydrogen (secondary N) is 1. The highest BCUT2D eigenvalue weighted by Crippen LogP contribution is 2.33. The van der Waals surface area contributed by atoms with Crippen LogP contribution in [-0.2, 0) is 19.6 Å². The predicted molar refractivity (Wildman–Crippen MR) is 135 cm³/mol. The Kier molecular flexibility index (Phi) is 6.28. The van der Waals surface area contributed by atoms with Crippen LogP contribution in [-0.4, -0.2) is 31.0 Å². The predicted octanol–water partition coefficient (Wildman–Crippen LogP) is 5.74. The number of furan rings is 1. The highest BCUT2D eigenvalue weighted by atomic mass is 35.5. The molecule has 4 aromatic rings. The Morgan fingerprint density at radius 1 is 1.17 bits per heavy atom. The highest BCUT2D eigenvalue weighted by molar-refractivity contribution is 6.31. The van der Waals surface area contributed by atoms with Gasteiger partial charge in [-0.2, -0.15) is 0 Å². The molecule has 0 saturated heterocycles. The van der Waals surface area contributed by atoms with Gasteiger partial charge in [0.25, 0.3) is 5.91 Å². The minimum Gasteiger partial charge on any atom is -0.493 e. The number of carbonyl (C=O) groups excluding carboxylic acids is 2. The molecule has 0 unspecified atom stereocenters. The average molecular weight is 508 g/mol. The van der Waals surface area contributed by atoms with Crippen LogP contribution in [0.2, 0.25) is 5.02 Å². The fraction of sp³-hybridized carbons (Fsp3) is 0.185. The number of fused-ring (bicyclic) bond motifs is 2. The summed E-state index contributed by atoms with van der Waals surface area (Å²) in [6.45, 7) is 0.482. The maximum Gasteiger partial charge on any atom is 0.324 e. The van der Waals surface area contributed by atoms with Crippen LogP contribution in [0.1, 0.15) is 27.2 Å². The molecule has 0 radical (unpaired) electrons. The molecule has 9 heteroatoms. The second kappa shape index (κ2) is 9.54. The zero-order valence-electron chi connectivity index (χ0n) is 19.7. The molecule has 7 nitrogen and oxygen atoms in total. The van der Waals surface area contributed by atoms with Crippen LogP contribution in [0.25, 0.3) is 11.0 Å². The number of carbonyl (C=O) groups is 2. The first-order chi connectivity index (χ1) is 17.4. The van der Waals surface area contributed by atoms with Crippen LogP contribution in [0.5, 0.6) is 5.75 Å². The molecule has 3 amide bonds. The lowest BCUT2D eigenvalue weighted by molar-refractivity contribution is 0.0948. The van der Waals surface area contributed by atoms with Crippen molar-refractivity contribution in [1.82, 2.24) is 10.2 Å². The van der Waals surface area contributed by atoms with Gasteiger partial charge in [0.1, 0.15) is 11.6 Å². The Bertz CT molecular complexity index is 1470. The van der Waals surface area contributed by atoms with Gasteiger partial charge in [0.2, 0.25) is 0 Å². The fourth-order valence-corrected chi connectivity index (χ4v) is 4.55. The van der Waals surface area contributed by atoms with Crippen molar-refractivity contribution in [2.24, 2.45) is 0 Å². The lowest BCUT2D eigenvalue weighted by atomic mass is 10.0. The van der Waals surface area contributed by atoms with Crippen LogP contribution in [0, 0.1) is 5.82 Å². The molecule has 0 spiro atoms. The number of methoxy groups -OCH3 is 1. The van der Waals surface area contributed by atoms with E-state index in [-0.39, 0.29) is 35.6 Å². The van der Waals surface area contributed by atoms with Crippen molar-refractivity contribution in [1.29, 1.82) is 0 Å². The molecule has 1 N–H and O–H groups in total. The van der Waals surface area contributed by atoms with Gasteiger partial charge in [-0.05, 0) is 42.0 Å². The van der Waals surface area contributed by atoms with Gasteiger partial charge in [0.15, 0.2) is 11.3 Å². The minimum atomic E-state index is -0.499. The first-order valence-corrected chi connectivity index (χ1v) is 11.7. The number of ether oxygens (including phenoxy) is 1. The van der Waals surface area contributed by atoms with Gasteiger partial charge < -0.3 is 19.4 Å². The van der Waals surface area contributed by atoms with Crippen molar-refractivity contribution in [3.05, 3.63) is 94.0 Å². The number of amides is 3. The number of rotatable bonds is 6. The third-order valence-electron chi connectivity index (χ3n) is 6.18. The van der Waals surface area contributed by atoms with Crippen LogP contribution in [0.3, 0.4) is 0 Å². The smallest absolute Gasteiger partial charge is 0.324 e. The molecular formula is C27H23ClFN3O4. The van der Waals surface area contributed by atoms with Gasteiger partial charge in [-0.3, -0.25) is 9.69 Å². The molecule has 0 atom stereocenters. The SMILES string of the molecule is COc1cccc2cc(CNC(=O)c3ccc4c(c3)N(Cc3c(F)cccc3Cl)C(=O)N(C)C4)oc12. The van der Waals surface area contributed by atoms with Crippen LogP contribution in [0.4, 0.5) is 14.9 Å². The van der Waals surface area contributed by atoms with Crippen molar-refractivity contribution in [3.8, 4) is 5.75 Å². The Hall–Kier alpha value is -4.04. The van der Waals surface area contributed by atoms with E-state index in [0.717, 1.165) is 10.9 Å². The van der Waals surface area contributed by atoms with E-state index in [4.69, 9.17) is 20.8 Å². The lowest BCUT2D eigenvalue weighted by Crippen LogP contribution is -2.45. The van der Waals surface area contributed by atoms with E-state index >= 15 is 0 Å². The molecule has 0 bridgehead atoms. The number of urea groups is 1. The first-order valence-electron chi connectivity index (χ1n) is 11.3. The van der Waals surface area contributed by atoms with Gasteiger partial charge in [-0.1, -0.05) is 35.9 Å². The molecule has 5 rings (SSSR count). The molecule has 36 heavy (non-hydrogen) atoms. The summed E-state index contributed by atoms with van der Waals surface area (Å²) in [6.07, 6.45) is 0. The Morgan fingerprint density at radius 2 is 1.97 bits per heavy atom. The number of anilines is 1. The minimum absolute atomic E-state index is 0.0619. The Labute approximate surface area is 212 Å². The topological polar surface area (TPSA) is 75.0 Å². The Balaban J connectivity index is 1.39. The molecule has 1 aliphatic heterocycles. The fourth-order valence-electron chi connectivity index (χ4n) is 4.32. The monoisotopic (exact) mass is 507 g/mol. The second-order valence-corrected chi connectivity index (χ2v) is 8.95. The van der Waals surface area contributed by atoms with E-state index in [1.807, 2.05) is 18.2 Å². The molecule has 0 aliphatic carbocycles. The molecule has 184 valence electrons. The van der Waals surface area contributed by atoms with E-state index in [1.165, 1.54) is 21.9 Å². The summed E-state index contributed by atoms with van der Waals surface area (Å²) in [4.78, 5) is 29.0. The maximum absolute atomic E-state index is 14.5. The molecule has 3 aromatic carbocycles. The van der Waals surface area contributed by atoms with Gasteiger partial charge in [-0.15, -0.1) is 0 Å². The summed E-state index contributed by atoms with van der Waals surface area (Å²) in [5, 5.41) is 3.96. The van der Waals surface area contributed by atoms with Crippen molar-refractivity contribution < 1.29 is 23.1 Å². The van der Waals surface area contributed by atoms with Gasteiger partial charge in [0.05, 0.1) is 25.9 Å². The van der Waals surface area contributed by atoms with E-state index in [0.29, 0.717) is 34.9 Å². The molecule has 2 heterocycles.